The van der Waals surface area contributed by atoms with Gasteiger partial charge in [-0.3, -0.25) is 0 Å². The molecular formula is C15H11NO2S2. The van der Waals surface area contributed by atoms with Crippen LogP contribution >= 0.6 is 22.7 Å². The smallest absolute Gasteiger partial charge is 0.345 e. The summed E-state index contributed by atoms with van der Waals surface area (Å²) in [6, 6.07) is 13.5. The van der Waals surface area contributed by atoms with Crippen LogP contribution in [-0.2, 0) is 6.42 Å². The Bertz CT molecular complexity index is 731. The van der Waals surface area contributed by atoms with Gasteiger partial charge in [-0.25, -0.2) is 9.78 Å². The van der Waals surface area contributed by atoms with Gasteiger partial charge in [0.05, 0.1) is 10.7 Å². The van der Waals surface area contributed by atoms with E-state index in [0.29, 0.717) is 11.3 Å². The van der Waals surface area contributed by atoms with Gasteiger partial charge < -0.3 is 5.11 Å². The lowest BCUT2D eigenvalue weighted by atomic mass is 10.2. The minimum atomic E-state index is -0.870. The first-order chi connectivity index (χ1) is 9.72. The maximum absolute atomic E-state index is 10.9. The number of hydrogen-bond acceptors (Lipinski definition) is 4. The van der Waals surface area contributed by atoms with Crippen LogP contribution in [0.4, 0.5) is 0 Å². The molecule has 3 aromatic rings. The molecule has 0 amide bonds. The summed E-state index contributed by atoms with van der Waals surface area (Å²) >= 11 is 2.91. The number of nitrogens with zero attached hydrogens (tertiary/aromatic N) is 1. The molecule has 3 rings (SSSR count). The lowest BCUT2D eigenvalue weighted by molar-refractivity contribution is 0.0702. The van der Waals surface area contributed by atoms with Gasteiger partial charge in [0, 0.05) is 22.2 Å². The van der Waals surface area contributed by atoms with E-state index in [2.05, 4.69) is 4.98 Å². The topological polar surface area (TPSA) is 50.2 Å². The predicted octanol–water partition coefficient (Wildman–Crippen LogP) is 4.16. The molecule has 1 aromatic carbocycles. The van der Waals surface area contributed by atoms with Crippen LogP contribution in [0.25, 0.3) is 11.3 Å². The third-order valence-electron chi connectivity index (χ3n) is 2.82. The van der Waals surface area contributed by atoms with Crippen LogP contribution in [0, 0.1) is 0 Å². The molecule has 2 heterocycles. The van der Waals surface area contributed by atoms with Gasteiger partial charge >= 0.3 is 5.97 Å². The van der Waals surface area contributed by atoms with Crippen LogP contribution in [0.15, 0.2) is 47.8 Å². The number of benzene rings is 1. The highest BCUT2D eigenvalue weighted by atomic mass is 32.1. The van der Waals surface area contributed by atoms with Crippen molar-refractivity contribution >= 4 is 28.6 Å². The Hall–Kier alpha value is -1.98. The van der Waals surface area contributed by atoms with E-state index < -0.39 is 5.97 Å². The van der Waals surface area contributed by atoms with Gasteiger partial charge in [0.25, 0.3) is 0 Å². The van der Waals surface area contributed by atoms with Crippen molar-refractivity contribution in [2.45, 2.75) is 6.42 Å². The summed E-state index contributed by atoms with van der Waals surface area (Å²) in [5, 5.41) is 12.0. The molecule has 0 spiro atoms. The molecule has 5 heteroatoms. The highest BCUT2D eigenvalue weighted by Crippen LogP contribution is 2.25. The molecule has 0 aliphatic rings. The maximum Gasteiger partial charge on any atom is 0.345 e. The minimum absolute atomic E-state index is 0.375. The van der Waals surface area contributed by atoms with Crippen molar-refractivity contribution in [3.8, 4) is 11.3 Å². The van der Waals surface area contributed by atoms with E-state index in [1.54, 1.807) is 17.4 Å². The second-order valence-electron chi connectivity index (χ2n) is 4.24. The molecule has 1 N–H and O–H groups in total. The van der Waals surface area contributed by atoms with Crippen molar-refractivity contribution in [3.05, 3.63) is 62.6 Å². The fraction of sp³-hybridized carbons (Fsp3) is 0.0667. The zero-order valence-corrected chi connectivity index (χ0v) is 12.1. The van der Waals surface area contributed by atoms with Gasteiger partial charge in [0.1, 0.15) is 4.88 Å². The van der Waals surface area contributed by atoms with Gasteiger partial charge in [0.2, 0.25) is 0 Å². The lowest BCUT2D eigenvalue weighted by Crippen LogP contribution is -1.89. The van der Waals surface area contributed by atoms with Crippen LogP contribution in [0.5, 0.6) is 0 Å². The average molecular weight is 301 g/mol. The summed E-state index contributed by atoms with van der Waals surface area (Å²) in [5.41, 5.74) is 2.08. The number of thiophene rings is 1. The number of carboxylic acid groups (broad SMARTS) is 1. The van der Waals surface area contributed by atoms with Crippen molar-refractivity contribution in [2.75, 3.05) is 0 Å². The van der Waals surface area contributed by atoms with E-state index in [1.807, 2.05) is 41.8 Å². The van der Waals surface area contributed by atoms with Gasteiger partial charge in [0.15, 0.2) is 0 Å². The fourth-order valence-electron chi connectivity index (χ4n) is 1.87. The van der Waals surface area contributed by atoms with Crippen LogP contribution in [0.1, 0.15) is 19.6 Å². The van der Waals surface area contributed by atoms with E-state index in [-0.39, 0.29) is 0 Å². The second kappa shape index (κ2) is 5.56. The number of hydrogen-bond donors (Lipinski definition) is 1. The molecule has 0 saturated heterocycles. The Morgan fingerprint density at radius 1 is 1.15 bits per heavy atom. The maximum atomic E-state index is 10.9. The fourth-order valence-corrected chi connectivity index (χ4v) is 3.64. The summed E-state index contributed by atoms with van der Waals surface area (Å²) in [6.45, 7) is 0. The minimum Gasteiger partial charge on any atom is -0.477 e. The Labute approximate surface area is 124 Å². The van der Waals surface area contributed by atoms with E-state index in [1.165, 1.54) is 11.3 Å². The van der Waals surface area contributed by atoms with Crippen LogP contribution in [-0.4, -0.2) is 16.1 Å². The molecule has 0 atom stereocenters. The quantitative estimate of drug-likeness (QED) is 0.787. The molecule has 100 valence electrons. The molecule has 0 bridgehead atoms. The summed E-state index contributed by atoms with van der Waals surface area (Å²) in [7, 11) is 0. The van der Waals surface area contributed by atoms with Gasteiger partial charge in [-0.1, -0.05) is 30.3 Å². The molecule has 2 aromatic heterocycles. The summed E-state index contributed by atoms with van der Waals surface area (Å²) < 4.78 is 0. The number of rotatable bonds is 4. The van der Waals surface area contributed by atoms with Crippen LogP contribution in [0.3, 0.4) is 0 Å². The van der Waals surface area contributed by atoms with Gasteiger partial charge in [-0.2, -0.15) is 0 Å². The Kier molecular flexibility index (Phi) is 3.62. The highest BCUT2D eigenvalue weighted by Gasteiger charge is 2.10. The molecule has 20 heavy (non-hydrogen) atoms. The molecule has 0 unspecified atom stereocenters. The Morgan fingerprint density at radius 2 is 1.95 bits per heavy atom. The molecule has 0 fully saturated rings. The average Bonchev–Trinajstić information content (AvgIpc) is 3.10. The van der Waals surface area contributed by atoms with Crippen LogP contribution < -0.4 is 0 Å². The van der Waals surface area contributed by atoms with E-state index >= 15 is 0 Å². The SMILES string of the molecule is O=C(O)c1ccc(Cc2nc(-c3ccccc3)cs2)s1. The van der Waals surface area contributed by atoms with Crippen molar-refractivity contribution in [1.82, 2.24) is 4.98 Å². The normalized spacial score (nSPS) is 10.6. The van der Waals surface area contributed by atoms with Crippen LogP contribution in [0.2, 0.25) is 0 Å². The predicted molar refractivity (Wildman–Crippen MR) is 81.6 cm³/mol. The monoisotopic (exact) mass is 301 g/mol. The molecule has 0 radical (unpaired) electrons. The first-order valence-electron chi connectivity index (χ1n) is 6.04. The summed E-state index contributed by atoms with van der Waals surface area (Å²) in [4.78, 5) is 16.9. The first kappa shape index (κ1) is 13.0. The highest BCUT2D eigenvalue weighted by molar-refractivity contribution is 7.14. The largest absolute Gasteiger partial charge is 0.477 e. The molecule has 3 nitrogen and oxygen atoms in total. The van der Waals surface area contributed by atoms with Crippen molar-refractivity contribution in [3.63, 3.8) is 0 Å². The second-order valence-corrected chi connectivity index (χ2v) is 6.35. The van der Waals surface area contributed by atoms with Crippen molar-refractivity contribution in [2.24, 2.45) is 0 Å². The zero-order valence-electron chi connectivity index (χ0n) is 10.4. The zero-order chi connectivity index (χ0) is 13.9. The van der Waals surface area contributed by atoms with E-state index in [0.717, 1.165) is 21.1 Å². The number of aromatic carboxylic acids is 1. The number of carbonyl (C=O) groups is 1. The summed E-state index contributed by atoms with van der Waals surface area (Å²) in [6.07, 6.45) is 0.690. The van der Waals surface area contributed by atoms with E-state index in [4.69, 9.17) is 5.11 Å². The molecule has 0 aliphatic carbocycles. The molecule has 0 saturated carbocycles. The van der Waals surface area contributed by atoms with Gasteiger partial charge in [-0.05, 0) is 12.1 Å². The summed E-state index contributed by atoms with van der Waals surface area (Å²) in [5.74, 6) is -0.870. The number of carboxylic acids is 1. The van der Waals surface area contributed by atoms with Gasteiger partial charge in [-0.15, -0.1) is 22.7 Å². The van der Waals surface area contributed by atoms with Crippen molar-refractivity contribution in [1.29, 1.82) is 0 Å². The third kappa shape index (κ3) is 2.79. The number of thiazole rings is 1. The molecular weight excluding hydrogens is 290 g/mol. The third-order valence-corrected chi connectivity index (χ3v) is 4.74. The van der Waals surface area contributed by atoms with E-state index in [9.17, 15) is 4.79 Å². The Morgan fingerprint density at radius 3 is 2.65 bits per heavy atom. The Balaban J connectivity index is 1.78. The standard InChI is InChI=1S/C15H11NO2S2/c17-15(18)13-7-6-11(20-13)8-14-16-12(9-19-14)10-4-2-1-3-5-10/h1-7,9H,8H2,(H,17,18). The lowest BCUT2D eigenvalue weighted by Gasteiger charge is -1.94. The van der Waals surface area contributed by atoms with Crippen molar-refractivity contribution < 1.29 is 9.90 Å². The first-order valence-corrected chi connectivity index (χ1v) is 7.74. The number of aromatic nitrogens is 1. The molecule has 0 aliphatic heterocycles.